The van der Waals surface area contributed by atoms with Crippen LogP contribution < -0.4 is 10.6 Å². The number of amides is 1. The molecule has 1 aromatic heterocycles. The van der Waals surface area contributed by atoms with Crippen molar-refractivity contribution in [2.75, 3.05) is 10.6 Å². The van der Waals surface area contributed by atoms with Crippen molar-refractivity contribution in [3.63, 3.8) is 0 Å². The Bertz CT molecular complexity index is 1340. The number of rotatable bonds is 1. The first-order chi connectivity index (χ1) is 14.5. The van der Waals surface area contributed by atoms with Gasteiger partial charge >= 0.3 is 0 Å². The zero-order chi connectivity index (χ0) is 20.8. The van der Waals surface area contributed by atoms with E-state index in [-0.39, 0.29) is 5.91 Å². The Morgan fingerprint density at radius 1 is 1.03 bits per heavy atom. The zero-order valence-corrected chi connectivity index (χ0v) is 16.8. The normalized spacial score (nSPS) is 14.0. The molecule has 2 N–H and O–H groups in total. The number of benzene rings is 3. The number of fused-ring (bicyclic) bond motifs is 3. The maximum absolute atomic E-state index is 12.5. The molecule has 0 atom stereocenters. The van der Waals surface area contributed by atoms with Crippen LogP contribution in [0.5, 0.6) is 0 Å². The van der Waals surface area contributed by atoms with Crippen molar-refractivity contribution >= 4 is 52.1 Å². The molecule has 1 amide bonds. The smallest absolute Gasteiger partial charge is 0.224 e. The number of halogens is 1. The predicted octanol–water partition coefficient (Wildman–Crippen LogP) is 5.16. The van der Waals surface area contributed by atoms with Gasteiger partial charge in [0.15, 0.2) is 5.52 Å². The Kier molecular flexibility index (Phi) is 4.29. The molecule has 0 spiro atoms. The second-order valence-corrected chi connectivity index (χ2v) is 7.66. The fraction of sp³-hybridized carbons (Fsp3) is 0.0870. The van der Waals surface area contributed by atoms with Crippen LogP contribution in [0.3, 0.4) is 0 Å². The van der Waals surface area contributed by atoms with Crippen molar-refractivity contribution in [2.45, 2.75) is 13.5 Å². The molecular weight excluding hydrogens is 400 g/mol. The molecule has 0 saturated heterocycles. The zero-order valence-electron chi connectivity index (χ0n) is 16.1. The van der Waals surface area contributed by atoms with Crippen LogP contribution in [0.25, 0.3) is 34.3 Å². The van der Waals surface area contributed by atoms with E-state index in [2.05, 4.69) is 16.4 Å². The number of nitrogen functional groups attached to an aromatic ring is 1. The van der Waals surface area contributed by atoms with Crippen molar-refractivity contribution in [1.29, 1.82) is 0 Å². The lowest BCUT2D eigenvalue weighted by Gasteiger charge is -2.26. The standard InChI is InChI=1S/C23H17ClN4O2/c1-13(29)28-12-17-10-15(19-7-8-20(25)23-22(19)26-30-27-23)4-2-14(17)3-5-16-11-18(24)6-9-21(16)28/h2-11H,12,25H2,1H3/b5-3-. The van der Waals surface area contributed by atoms with E-state index in [0.29, 0.717) is 28.3 Å². The van der Waals surface area contributed by atoms with E-state index in [1.54, 1.807) is 24.0 Å². The molecule has 0 saturated carbocycles. The van der Waals surface area contributed by atoms with E-state index in [4.69, 9.17) is 22.0 Å². The van der Waals surface area contributed by atoms with Crippen LogP contribution in [0.2, 0.25) is 5.02 Å². The van der Waals surface area contributed by atoms with E-state index < -0.39 is 0 Å². The Balaban J connectivity index is 1.66. The molecule has 0 radical (unpaired) electrons. The topological polar surface area (TPSA) is 85.2 Å². The average molecular weight is 417 g/mol. The summed E-state index contributed by atoms with van der Waals surface area (Å²) in [6.45, 7) is 2.00. The largest absolute Gasteiger partial charge is 0.397 e. The lowest BCUT2D eigenvalue weighted by atomic mass is 9.95. The Morgan fingerprint density at radius 3 is 2.67 bits per heavy atom. The molecule has 4 aromatic rings. The SMILES string of the molecule is CC(=O)N1Cc2cc(-c3ccc(N)c4nonc34)ccc2/C=C\c2cc(Cl)ccc21. The molecule has 0 fully saturated rings. The summed E-state index contributed by atoms with van der Waals surface area (Å²) in [5, 5.41) is 8.56. The van der Waals surface area contributed by atoms with E-state index >= 15 is 0 Å². The predicted molar refractivity (Wildman–Crippen MR) is 119 cm³/mol. The molecule has 7 heteroatoms. The van der Waals surface area contributed by atoms with Crippen LogP contribution in [0, 0.1) is 0 Å². The van der Waals surface area contributed by atoms with Crippen molar-refractivity contribution in [3.05, 3.63) is 70.2 Å². The molecule has 5 rings (SSSR count). The Morgan fingerprint density at radius 2 is 1.83 bits per heavy atom. The maximum Gasteiger partial charge on any atom is 0.224 e. The average Bonchev–Trinajstić information content (AvgIpc) is 3.21. The highest BCUT2D eigenvalue weighted by molar-refractivity contribution is 6.30. The van der Waals surface area contributed by atoms with Crippen molar-refractivity contribution < 1.29 is 9.42 Å². The summed E-state index contributed by atoms with van der Waals surface area (Å²) in [4.78, 5) is 14.2. The van der Waals surface area contributed by atoms with Crippen LogP contribution in [-0.2, 0) is 11.3 Å². The van der Waals surface area contributed by atoms with Crippen molar-refractivity contribution in [1.82, 2.24) is 10.3 Å². The molecule has 1 aliphatic heterocycles. The number of aromatic nitrogens is 2. The molecule has 3 aromatic carbocycles. The van der Waals surface area contributed by atoms with Gasteiger partial charge in [-0.1, -0.05) is 35.9 Å². The molecule has 0 unspecified atom stereocenters. The van der Waals surface area contributed by atoms with Crippen molar-refractivity contribution in [3.8, 4) is 11.1 Å². The third kappa shape index (κ3) is 3.02. The maximum atomic E-state index is 12.5. The second kappa shape index (κ2) is 7.00. The minimum atomic E-state index is -0.0409. The molecular formula is C23H17ClN4O2. The minimum absolute atomic E-state index is 0.0409. The first-order valence-corrected chi connectivity index (χ1v) is 9.79. The summed E-state index contributed by atoms with van der Waals surface area (Å²) in [6.07, 6.45) is 4.03. The summed E-state index contributed by atoms with van der Waals surface area (Å²) >= 11 is 6.17. The molecule has 1 aliphatic rings. The highest BCUT2D eigenvalue weighted by Crippen LogP contribution is 2.35. The van der Waals surface area contributed by atoms with Gasteiger partial charge in [0.2, 0.25) is 5.91 Å². The molecule has 0 bridgehead atoms. The van der Waals surface area contributed by atoms with E-state index in [9.17, 15) is 4.79 Å². The fourth-order valence-corrected chi connectivity index (χ4v) is 3.99. The number of nitrogens with two attached hydrogens (primary N) is 1. The highest BCUT2D eigenvalue weighted by atomic mass is 35.5. The van der Waals surface area contributed by atoms with E-state index in [1.807, 2.05) is 42.5 Å². The van der Waals surface area contributed by atoms with E-state index in [0.717, 1.165) is 33.5 Å². The van der Waals surface area contributed by atoms with Gasteiger partial charge < -0.3 is 10.6 Å². The molecule has 0 aliphatic carbocycles. The fourth-order valence-electron chi connectivity index (χ4n) is 3.81. The number of hydrogen-bond donors (Lipinski definition) is 1. The Hall–Kier alpha value is -3.64. The summed E-state index contributed by atoms with van der Waals surface area (Å²) in [5.74, 6) is -0.0409. The molecule has 2 heterocycles. The van der Waals surface area contributed by atoms with Gasteiger partial charge in [0.05, 0.1) is 17.9 Å². The third-order valence-corrected chi connectivity index (χ3v) is 5.57. The van der Waals surface area contributed by atoms with Gasteiger partial charge in [-0.05, 0) is 69.0 Å². The molecule has 30 heavy (non-hydrogen) atoms. The van der Waals surface area contributed by atoms with Gasteiger partial charge in [0.25, 0.3) is 0 Å². The number of nitrogens with zero attached hydrogens (tertiary/aromatic N) is 3. The van der Waals surface area contributed by atoms with Crippen LogP contribution in [0.15, 0.2) is 53.2 Å². The second-order valence-electron chi connectivity index (χ2n) is 7.22. The van der Waals surface area contributed by atoms with Gasteiger partial charge in [0.1, 0.15) is 5.52 Å². The van der Waals surface area contributed by atoms with Gasteiger partial charge in [-0.2, -0.15) is 0 Å². The first-order valence-electron chi connectivity index (χ1n) is 9.41. The first kappa shape index (κ1) is 18.4. The Labute approximate surface area is 177 Å². The summed E-state index contributed by atoms with van der Waals surface area (Å²) < 4.78 is 4.90. The van der Waals surface area contributed by atoms with E-state index in [1.165, 1.54) is 0 Å². The molecule has 148 valence electrons. The highest BCUT2D eigenvalue weighted by Gasteiger charge is 2.20. The number of carbonyl (C=O) groups excluding carboxylic acids is 1. The van der Waals surface area contributed by atoms with Crippen molar-refractivity contribution in [2.24, 2.45) is 0 Å². The minimum Gasteiger partial charge on any atom is -0.397 e. The van der Waals surface area contributed by atoms with Gasteiger partial charge in [-0.15, -0.1) is 0 Å². The quantitative estimate of drug-likeness (QED) is 0.433. The number of hydrogen-bond acceptors (Lipinski definition) is 5. The summed E-state index contributed by atoms with van der Waals surface area (Å²) in [7, 11) is 0. The molecule has 6 nitrogen and oxygen atoms in total. The van der Waals surface area contributed by atoms with Gasteiger partial charge in [0, 0.05) is 17.5 Å². The van der Waals surface area contributed by atoms with Crippen LogP contribution in [0.1, 0.15) is 23.6 Å². The lowest BCUT2D eigenvalue weighted by molar-refractivity contribution is -0.116. The number of anilines is 2. The van der Waals surface area contributed by atoms with Gasteiger partial charge in [-0.25, -0.2) is 4.63 Å². The number of carbonyl (C=O) groups is 1. The summed E-state index contributed by atoms with van der Waals surface area (Å²) in [5.41, 5.74) is 13.2. The lowest BCUT2D eigenvalue weighted by Crippen LogP contribution is -2.29. The van der Waals surface area contributed by atoms with Crippen LogP contribution in [0.4, 0.5) is 11.4 Å². The monoisotopic (exact) mass is 416 g/mol. The van der Waals surface area contributed by atoms with Gasteiger partial charge in [-0.3, -0.25) is 4.79 Å². The van der Waals surface area contributed by atoms with Crippen LogP contribution in [-0.4, -0.2) is 16.2 Å². The summed E-state index contributed by atoms with van der Waals surface area (Å²) in [6, 6.07) is 15.4. The van der Waals surface area contributed by atoms with Crippen LogP contribution >= 0.6 is 11.6 Å². The third-order valence-electron chi connectivity index (χ3n) is 5.33.